The van der Waals surface area contributed by atoms with Crippen molar-refractivity contribution >= 4 is 44.0 Å². The number of fused-ring (bicyclic) bond motifs is 2. The Hall–Kier alpha value is -3.18. The van der Waals surface area contributed by atoms with Gasteiger partial charge in [0.2, 0.25) is 0 Å². The third kappa shape index (κ3) is 4.68. The fourth-order valence-corrected chi connectivity index (χ4v) is 4.12. The molecule has 0 unspecified atom stereocenters. The number of carbonyl (C=O) groups is 1. The molecule has 0 aliphatic rings. The summed E-state index contributed by atoms with van der Waals surface area (Å²) in [4.78, 5) is 16.9. The zero-order valence-corrected chi connectivity index (χ0v) is 20.7. The van der Waals surface area contributed by atoms with Gasteiger partial charge in [-0.15, -0.1) is 0 Å². The molecule has 0 saturated carbocycles. The lowest BCUT2D eigenvalue weighted by atomic mass is 10.1. The predicted octanol–water partition coefficient (Wildman–Crippen LogP) is 6.19. The van der Waals surface area contributed by atoms with Gasteiger partial charge in [-0.3, -0.25) is 9.25 Å². The van der Waals surface area contributed by atoms with Crippen LogP contribution in [-0.2, 0) is 11.3 Å². The van der Waals surface area contributed by atoms with E-state index in [0.717, 1.165) is 31.9 Å². The molecule has 0 bridgehead atoms. The van der Waals surface area contributed by atoms with E-state index in [0.29, 0.717) is 17.9 Å². The Morgan fingerprint density at radius 2 is 1.97 bits per heavy atom. The van der Waals surface area contributed by atoms with E-state index >= 15 is 0 Å². The predicted molar refractivity (Wildman–Crippen MR) is 129 cm³/mol. The van der Waals surface area contributed by atoms with E-state index < -0.39 is 11.7 Å². The molecule has 4 rings (SSSR count). The molecule has 0 radical (unpaired) electrons. The molecule has 1 aromatic carbocycles. The lowest BCUT2D eigenvalue weighted by molar-refractivity contribution is 0.0544. The summed E-state index contributed by atoms with van der Waals surface area (Å²) >= 11 is 3.66. The first kappa shape index (κ1) is 23.5. The molecule has 32 heavy (non-hydrogen) atoms. The average Bonchev–Trinajstić information content (AvgIpc) is 3.35. The first-order valence-corrected chi connectivity index (χ1v) is 11.2. The minimum absolute atomic E-state index is 0.334. The van der Waals surface area contributed by atoms with Crippen LogP contribution in [0.2, 0.25) is 0 Å². The van der Waals surface area contributed by atoms with Crippen LogP contribution in [0.3, 0.4) is 0 Å². The first-order chi connectivity index (χ1) is 15.2. The number of hydrogen-bond acceptors (Lipinski definition) is 5. The molecule has 166 valence electrons. The van der Waals surface area contributed by atoms with E-state index in [9.17, 15) is 4.79 Å². The molecule has 0 N–H and O–H groups in total. The van der Waals surface area contributed by atoms with Gasteiger partial charge in [0.05, 0.1) is 12.1 Å². The smallest absolute Gasteiger partial charge is 0.419 e. The van der Waals surface area contributed by atoms with Crippen LogP contribution in [0.15, 0.2) is 41.1 Å². The van der Waals surface area contributed by atoms with Crippen LogP contribution in [0.1, 0.15) is 51.4 Å². The number of carbonyl (C=O) groups excluding carboxylic acids is 1. The summed E-state index contributed by atoms with van der Waals surface area (Å²) in [7, 11) is 0. The third-order valence-electron chi connectivity index (χ3n) is 4.66. The second kappa shape index (κ2) is 9.13. The van der Waals surface area contributed by atoms with Crippen molar-refractivity contribution in [3.8, 4) is 6.07 Å². The topological polar surface area (TPSA) is 85.7 Å². The molecule has 0 amide bonds. The van der Waals surface area contributed by atoms with E-state index in [2.05, 4.69) is 26.0 Å². The van der Waals surface area contributed by atoms with Crippen molar-refractivity contribution in [2.24, 2.45) is 0 Å². The molecular weight excluding hydrogens is 470 g/mol. The summed E-state index contributed by atoms with van der Waals surface area (Å²) in [5, 5.41) is 15.4. The second-order valence-electron chi connectivity index (χ2n) is 8.13. The van der Waals surface area contributed by atoms with Gasteiger partial charge in [0.15, 0.2) is 5.65 Å². The Morgan fingerprint density at radius 3 is 2.62 bits per heavy atom. The molecule has 0 aliphatic heterocycles. The number of aryl methyl sites for hydroxylation is 1. The highest BCUT2D eigenvalue weighted by atomic mass is 79.9. The molecule has 0 spiro atoms. The molecule has 0 aliphatic carbocycles. The van der Waals surface area contributed by atoms with Crippen molar-refractivity contribution < 1.29 is 9.53 Å². The monoisotopic (exact) mass is 495 g/mol. The van der Waals surface area contributed by atoms with Gasteiger partial charge in [-0.05, 0) is 63.1 Å². The molecule has 3 aromatic heterocycles. The highest BCUT2D eigenvalue weighted by Crippen LogP contribution is 2.32. The van der Waals surface area contributed by atoms with Crippen molar-refractivity contribution in [3.05, 3.63) is 58.0 Å². The maximum atomic E-state index is 12.7. The molecule has 3 heterocycles. The van der Waals surface area contributed by atoms with Gasteiger partial charge in [-0.1, -0.05) is 29.8 Å². The normalized spacial score (nSPS) is 11.2. The average molecular weight is 496 g/mol. The van der Waals surface area contributed by atoms with Crippen molar-refractivity contribution in [1.29, 1.82) is 5.26 Å². The molecule has 7 nitrogen and oxygen atoms in total. The van der Waals surface area contributed by atoms with E-state index in [4.69, 9.17) is 10.00 Å². The third-order valence-corrected chi connectivity index (χ3v) is 5.37. The van der Waals surface area contributed by atoms with Crippen LogP contribution in [0.5, 0.6) is 0 Å². The van der Waals surface area contributed by atoms with Crippen LogP contribution < -0.4 is 0 Å². The minimum atomic E-state index is -0.579. The zero-order valence-electron chi connectivity index (χ0n) is 19.1. The number of benzene rings is 1. The Labute approximate surface area is 195 Å². The van der Waals surface area contributed by atoms with E-state index in [1.807, 2.05) is 72.0 Å². The summed E-state index contributed by atoms with van der Waals surface area (Å²) in [5.41, 5.74) is 3.04. The largest absolute Gasteiger partial charge is 0.443 e. The SMILES string of the molecule is CC.Cc1cc(Br)c(Cn2cc3ccc(C#N)nc3n2)c2ccn(C(=O)OC(C)(C)C)c12. The van der Waals surface area contributed by atoms with Crippen molar-refractivity contribution in [2.75, 3.05) is 0 Å². The number of halogens is 1. The number of pyridine rings is 1. The standard InChI is InChI=1S/C22H20BrN5O2.C2H6/c1-13-9-18(23)17(12-27-11-14-5-6-15(10-24)25-20(14)26-27)16-7-8-28(19(13)16)21(29)30-22(2,3)4;1-2/h5-9,11H,12H2,1-4H3;1-2H3. The second-order valence-corrected chi connectivity index (χ2v) is 8.98. The summed E-state index contributed by atoms with van der Waals surface area (Å²) in [6.07, 6.45) is 3.22. The molecule has 0 atom stereocenters. The Kier molecular flexibility index (Phi) is 6.70. The number of aromatic nitrogens is 4. The summed E-state index contributed by atoms with van der Waals surface area (Å²) in [5.74, 6) is 0. The van der Waals surface area contributed by atoms with Crippen molar-refractivity contribution in [2.45, 2.75) is 53.7 Å². The van der Waals surface area contributed by atoms with E-state index in [1.165, 1.54) is 0 Å². The Morgan fingerprint density at radius 1 is 1.25 bits per heavy atom. The van der Waals surface area contributed by atoms with E-state index in [-0.39, 0.29) is 0 Å². The lowest BCUT2D eigenvalue weighted by Crippen LogP contribution is -2.26. The lowest BCUT2D eigenvalue weighted by Gasteiger charge is -2.20. The van der Waals surface area contributed by atoms with Crippen molar-refractivity contribution in [3.63, 3.8) is 0 Å². The van der Waals surface area contributed by atoms with Gasteiger partial charge in [0.25, 0.3) is 0 Å². The number of rotatable bonds is 2. The van der Waals surface area contributed by atoms with Gasteiger partial charge in [0, 0.05) is 27.6 Å². The maximum absolute atomic E-state index is 12.7. The molecule has 4 aromatic rings. The van der Waals surface area contributed by atoms with Crippen LogP contribution in [-0.4, -0.2) is 31.0 Å². The van der Waals surface area contributed by atoms with Gasteiger partial charge in [-0.25, -0.2) is 9.78 Å². The highest BCUT2D eigenvalue weighted by molar-refractivity contribution is 9.10. The zero-order chi connectivity index (χ0) is 23.6. The Balaban J connectivity index is 0.00000141. The first-order valence-electron chi connectivity index (χ1n) is 10.4. The number of hydrogen-bond donors (Lipinski definition) is 0. The number of nitriles is 1. The van der Waals surface area contributed by atoms with Crippen molar-refractivity contribution in [1.82, 2.24) is 19.3 Å². The summed E-state index contributed by atoms with van der Waals surface area (Å²) < 4.78 is 9.82. The van der Waals surface area contributed by atoms with Gasteiger partial charge in [0.1, 0.15) is 17.4 Å². The molecular formula is C24H26BrN5O2. The number of ether oxygens (including phenoxy) is 1. The van der Waals surface area contributed by atoms with Gasteiger partial charge >= 0.3 is 6.09 Å². The quantitative estimate of drug-likeness (QED) is 0.331. The van der Waals surface area contributed by atoms with Crippen LogP contribution >= 0.6 is 15.9 Å². The minimum Gasteiger partial charge on any atom is -0.443 e. The maximum Gasteiger partial charge on any atom is 0.419 e. The van der Waals surface area contributed by atoms with Crippen LogP contribution in [0.25, 0.3) is 21.9 Å². The molecule has 8 heteroatoms. The number of nitrogens with zero attached hydrogens (tertiary/aromatic N) is 5. The van der Waals surface area contributed by atoms with Gasteiger partial charge in [-0.2, -0.15) is 10.4 Å². The highest BCUT2D eigenvalue weighted by Gasteiger charge is 2.21. The summed E-state index contributed by atoms with van der Waals surface area (Å²) in [6, 6.07) is 9.46. The van der Waals surface area contributed by atoms with Crippen LogP contribution in [0, 0.1) is 18.3 Å². The van der Waals surface area contributed by atoms with Gasteiger partial charge < -0.3 is 4.74 Å². The van der Waals surface area contributed by atoms with E-state index in [1.54, 1.807) is 21.5 Å². The Bertz CT molecular complexity index is 1340. The fraction of sp³-hybridized carbons (Fsp3) is 0.333. The molecule has 0 saturated heterocycles. The van der Waals surface area contributed by atoms with Crippen LogP contribution in [0.4, 0.5) is 4.79 Å². The summed E-state index contributed by atoms with van der Waals surface area (Å²) in [6.45, 7) is 12.0. The fourth-order valence-electron chi connectivity index (χ4n) is 3.43. The molecule has 0 fully saturated rings.